The molecule has 4 rings (SSSR count). The highest BCUT2D eigenvalue weighted by Crippen LogP contribution is 2.52. The van der Waals surface area contributed by atoms with Gasteiger partial charge >= 0.3 is 16.4 Å². The number of rotatable bonds is 7. The van der Waals surface area contributed by atoms with Gasteiger partial charge in [-0.05, 0) is 40.8 Å². The Balaban J connectivity index is 1.75. The molecule has 8 unspecified atom stereocenters. The molecule has 11 N–H and O–H groups in total. The molecule has 3 aliphatic heterocycles. The Morgan fingerprint density at radius 2 is 1.84 bits per heavy atom. The first-order chi connectivity index (χ1) is 17.5. The van der Waals surface area contributed by atoms with Gasteiger partial charge in [0, 0.05) is 24.9 Å². The van der Waals surface area contributed by atoms with Crippen LogP contribution in [-0.2, 0) is 37.7 Å². The van der Waals surface area contributed by atoms with Crippen molar-refractivity contribution in [2.24, 2.45) is 17.2 Å². The van der Waals surface area contributed by atoms with E-state index < -0.39 is 76.4 Å². The maximum Gasteiger partial charge on any atom is 0.407 e. The summed E-state index contributed by atoms with van der Waals surface area (Å²) in [6.07, 6.45) is -2.12. The summed E-state index contributed by atoms with van der Waals surface area (Å²) in [6, 6.07) is -2.28. The van der Waals surface area contributed by atoms with Crippen molar-refractivity contribution in [2.45, 2.75) is 111 Å². The van der Waals surface area contributed by atoms with E-state index in [1.165, 1.54) is 14.0 Å². The van der Waals surface area contributed by atoms with Crippen LogP contribution in [0.5, 0.6) is 0 Å². The average Bonchev–Trinajstić information content (AvgIpc) is 3.00. The van der Waals surface area contributed by atoms with Gasteiger partial charge < -0.3 is 57.4 Å². The van der Waals surface area contributed by atoms with Crippen molar-refractivity contribution >= 4 is 10.4 Å². The van der Waals surface area contributed by atoms with E-state index in [1.54, 1.807) is 7.05 Å². The topological polar surface area (TPSA) is 252 Å². The number of aliphatic hydroxyl groups is 3. The van der Waals surface area contributed by atoms with E-state index in [-0.39, 0.29) is 25.3 Å². The first-order valence-corrected chi connectivity index (χ1v) is 13.9. The van der Waals surface area contributed by atoms with Gasteiger partial charge in [-0.2, -0.15) is 12.6 Å². The van der Waals surface area contributed by atoms with Gasteiger partial charge in [-0.15, -0.1) is 0 Å². The van der Waals surface area contributed by atoms with Crippen LogP contribution in [0.3, 0.4) is 0 Å². The summed E-state index contributed by atoms with van der Waals surface area (Å²) < 4.78 is 59.0. The van der Waals surface area contributed by atoms with E-state index in [4.69, 9.17) is 44.5 Å². The van der Waals surface area contributed by atoms with Gasteiger partial charge in [0.25, 0.3) is 5.79 Å². The molecule has 0 bridgehead atoms. The minimum Gasteiger partial charge on any atom is -0.388 e. The van der Waals surface area contributed by atoms with E-state index in [9.17, 15) is 23.7 Å². The van der Waals surface area contributed by atoms with Crippen molar-refractivity contribution < 1.29 is 51.1 Å². The highest BCUT2D eigenvalue weighted by atomic mass is 32.3. The third kappa shape index (κ3) is 5.01. The SMILES string of the molecule is CNC(C)[C@H]1O[C@H](OC2(OC34OCC(C)(O)C(NC)C3(O)OS(=O)(=O)O4)CCCCC2O)C(N)(N)CC1N. The zero-order chi connectivity index (χ0) is 28.4. The number of ether oxygens (including phenoxy) is 4. The van der Waals surface area contributed by atoms with E-state index >= 15 is 0 Å². The second-order valence-corrected chi connectivity index (χ2v) is 12.1. The lowest BCUT2D eigenvalue weighted by atomic mass is 9.85. The van der Waals surface area contributed by atoms with Gasteiger partial charge in [-0.1, -0.05) is 6.42 Å². The van der Waals surface area contributed by atoms with Gasteiger partial charge in [-0.25, -0.2) is 4.18 Å². The molecule has 10 atom stereocenters. The summed E-state index contributed by atoms with van der Waals surface area (Å²) in [5.41, 5.74) is 15.5. The Bertz CT molecular complexity index is 989. The number of hydrogen-bond donors (Lipinski definition) is 8. The first-order valence-electron chi connectivity index (χ1n) is 12.6. The third-order valence-corrected chi connectivity index (χ3v) is 8.67. The normalized spacial score (nSPS) is 49.4. The second kappa shape index (κ2) is 10.0. The molecule has 0 spiro atoms. The van der Waals surface area contributed by atoms with Crippen molar-refractivity contribution in [3.05, 3.63) is 0 Å². The van der Waals surface area contributed by atoms with Crippen molar-refractivity contribution in [3.63, 3.8) is 0 Å². The predicted octanol–water partition coefficient (Wildman–Crippen LogP) is -3.68. The monoisotopic (exact) mass is 571 g/mol. The molecule has 4 fully saturated rings. The number of nitrogens with two attached hydrogens (primary N) is 3. The maximum absolute atomic E-state index is 12.5. The van der Waals surface area contributed by atoms with E-state index in [0.717, 1.165) is 0 Å². The lowest BCUT2D eigenvalue weighted by molar-refractivity contribution is -0.526. The quantitative estimate of drug-likeness (QED) is 0.137. The largest absolute Gasteiger partial charge is 0.407 e. The summed E-state index contributed by atoms with van der Waals surface area (Å²) in [6.45, 7) is 2.59. The zero-order valence-electron chi connectivity index (χ0n) is 22.0. The maximum atomic E-state index is 12.5. The lowest BCUT2D eigenvalue weighted by Gasteiger charge is -2.55. The fourth-order valence-corrected chi connectivity index (χ4v) is 6.72. The van der Waals surface area contributed by atoms with Gasteiger partial charge in [0.15, 0.2) is 6.29 Å². The van der Waals surface area contributed by atoms with Crippen LogP contribution in [0.4, 0.5) is 0 Å². The van der Waals surface area contributed by atoms with Gasteiger partial charge in [0.2, 0.25) is 5.79 Å². The molecule has 0 aromatic heterocycles. The predicted molar refractivity (Wildman–Crippen MR) is 128 cm³/mol. The Hall–Kier alpha value is -0.610. The van der Waals surface area contributed by atoms with Crippen molar-refractivity contribution in [1.29, 1.82) is 0 Å². The Morgan fingerprint density at radius 3 is 2.45 bits per heavy atom. The third-order valence-electron chi connectivity index (χ3n) is 7.79. The molecule has 0 aromatic rings. The summed E-state index contributed by atoms with van der Waals surface area (Å²) in [5, 5.41) is 39.3. The Labute approximate surface area is 221 Å². The molecule has 1 aliphatic carbocycles. The molecule has 17 heteroatoms. The second-order valence-electron chi connectivity index (χ2n) is 11.0. The van der Waals surface area contributed by atoms with Crippen LogP contribution in [0.25, 0.3) is 0 Å². The fraction of sp³-hybridized carbons (Fsp3) is 1.00. The summed E-state index contributed by atoms with van der Waals surface area (Å²) in [7, 11) is -1.82. The minimum atomic E-state index is -4.91. The number of fused-ring (bicyclic) bond motifs is 1. The molecule has 1 saturated carbocycles. The molecule has 222 valence electrons. The standard InChI is InChI=1S/C21H41N5O11S/c1-11(25-3)14-12(22)9-18(23,24)16(33-14)34-19(8-6-5-7-13(19)27)35-21-20(29,36-38(30,31)37-21)15(26-4)17(2,28)10-32-21/h11-16,25-29H,5-10,22-24H2,1-4H3/t11?,12?,13?,14-,15?,16-,17?,19?,20?,21?/m1/s1. The Kier molecular flexibility index (Phi) is 8.02. The van der Waals surface area contributed by atoms with Crippen LogP contribution >= 0.6 is 0 Å². The smallest absolute Gasteiger partial charge is 0.388 e. The molecule has 0 radical (unpaired) electrons. The highest BCUT2D eigenvalue weighted by molar-refractivity contribution is 7.82. The van der Waals surface area contributed by atoms with E-state index in [2.05, 4.69) is 10.6 Å². The van der Waals surface area contributed by atoms with Crippen LogP contribution < -0.4 is 27.8 Å². The molecule has 3 heterocycles. The van der Waals surface area contributed by atoms with Gasteiger partial charge in [-0.3, -0.25) is 4.74 Å². The minimum absolute atomic E-state index is 0.0202. The number of nitrogens with one attached hydrogen (secondary N) is 2. The average molecular weight is 572 g/mol. The number of aliphatic hydroxyl groups excluding tert-OH is 1. The lowest BCUT2D eigenvalue weighted by Crippen LogP contribution is -2.78. The van der Waals surface area contributed by atoms with Crippen molar-refractivity contribution in [3.8, 4) is 0 Å². The molecule has 0 amide bonds. The number of likely N-dealkylation sites (N-methyl/N-ethyl adjacent to an activating group) is 2. The summed E-state index contributed by atoms with van der Waals surface area (Å²) >= 11 is 0. The molecular formula is C21H41N5O11S. The fourth-order valence-electron chi connectivity index (χ4n) is 5.71. The van der Waals surface area contributed by atoms with Gasteiger partial charge in [0.05, 0.1) is 12.7 Å². The van der Waals surface area contributed by atoms with E-state index in [0.29, 0.717) is 12.8 Å². The summed E-state index contributed by atoms with van der Waals surface area (Å²) in [5.74, 6) is -7.94. The molecule has 4 aliphatic rings. The molecule has 3 saturated heterocycles. The first kappa shape index (κ1) is 30.4. The summed E-state index contributed by atoms with van der Waals surface area (Å²) in [4.78, 5) is 0. The molecular weight excluding hydrogens is 530 g/mol. The molecule has 38 heavy (non-hydrogen) atoms. The van der Waals surface area contributed by atoms with Gasteiger partial charge in [0.1, 0.15) is 23.4 Å². The van der Waals surface area contributed by atoms with Crippen LogP contribution in [0, 0.1) is 0 Å². The zero-order valence-corrected chi connectivity index (χ0v) is 22.8. The van der Waals surface area contributed by atoms with Crippen LogP contribution in [0.15, 0.2) is 0 Å². The van der Waals surface area contributed by atoms with Crippen LogP contribution in [0.1, 0.15) is 46.0 Å². The van der Waals surface area contributed by atoms with Crippen molar-refractivity contribution in [2.75, 3.05) is 20.7 Å². The highest BCUT2D eigenvalue weighted by Gasteiger charge is 2.78. The molecule has 0 aromatic carbocycles. The van der Waals surface area contributed by atoms with E-state index in [1.807, 2.05) is 6.92 Å². The van der Waals surface area contributed by atoms with Crippen LogP contribution in [-0.4, -0.2) is 110 Å². The van der Waals surface area contributed by atoms with Crippen LogP contribution in [0.2, 0.25) is 0 Å². The van der Waals surface area contributed by atoms with Crippen molar-refractivity contribution in [1.82, 2.24) is 10.6 Å². The molecule has 16 nitrogen and oxygen atoms in total. The Morgan fingerprint density at radius 1 is 1.16 bits per heavy atom. The number of hydrogen-bond acceptors (Lipinski definition) is 16.